The molecule has 0 amide bonds. The lowest BCUT2D eigenvalue weighted by Crippen LogP contribution is -2.04. The molecule has 0 radical (unpaired) electrons. The van der Waals surface area contributed by atoms with Gasteiger partial charge in [-0.05, 0) is 31.0 Å². The number of anilines is 1. The van der Waals surface area contributed by atoms with E-state index in [1.165, 1.54) is 12.5 Å². The molecule has 0 bridgehead atoms. The van der Waals surface area contributed by atoms with Gasteiger partial charge in [-0.2, -0.15) is 0 Å². The molecule has 1 aromatic heterocycles. The van der Waals surface area contributed by atoms with Crippen LogP contribution in [0.3, 0.4) is 0 Å². The van der Waals surface area contributed by atoms with E-state index in [1.54, 1.807) is 12.1 Å². The first-order valence-corrected chi connectivity index (χ1v) is 6.23. The topological polar surface area (TPSA) is 56.7 Å². The van der Waals surface area contributed by atoms with Gasteiger partial charge in [0, 0.05) is 18.7 Å². The summed E-state index contributed by atoms with van der Waals surface area (Å²) < 4.78 is 15.9. The summed E-state index contributed by atoms with van der Waals surface area (Å²) in [6, 6.07) is 4.55. The minimum absolute atomic E-state index is 0.302. The second kappa shape index (κ2) is 4.40. The SMILES string of the molecule is Nc1ccc(F)c(-c2nnc3n2CCCCC3)c1. The Labute approximate surface area is 105 Å². The summed E-state index contributed by atoms with van der Waals surface area (Å²) in [7, 11) is 0. The highest BCUT2D eigenvalue weighted by Crippen LogP contribution is 2.26. The number of aryl methyl sites for hydroxylation is 1. The average molecular weight is 246 g/mol. The lowest BCUT2D eigenvalue weighted by Gasteiger charge is -2.08. The van der Waals surface area contributed by atoms with Crippen LogP contribution in [0.1, 0.15) is 25.1 Å². The quantitative estimate of drug-likeness (QED) is 0.786. The number of hydrogen-bond donors (Lipinski definition) is 1. The highest BCUT2D eigenvalue weighted by molar-refractivity contribution is 5.62. The van der Waals surface area contributed by atoms with Crippen molar-refractivity contribution in [2.45, 2.75) is 32.2 Å². The van der Waals surface area contributed by atoms with Crippen molar-refractivity contribution in [2.24, 2.45) is 0 Å². The fourth-order valence-corrected chi connectivity index (χ4v) is 2.40. The highest BCUT2D eigenvalue weighted by Gasteiger charge is 2.18. The number of hydrogen-bond acceptors (Lipinski definition) is 3. The van der Waals surface area contributed by atoms with E-state index in [0.29, 0.717) is 17.1 Å². The first-order valence-electron chi connectivity index (χ1n) is 6.23. The zero-order valence-corrected chi connectivity index (χ0v) is 10.1. The van der Waals surface area contributed by atoms with Crippen LogP contribution >= 0.6 is 0 Å². The van der Waals surface area contributed by atoms with E-state index in [9.17, 15) is 4.39 Å². The van der Waals surface area contributed by atoms with Gasteiger partial charge in [0.25, 0.3) is 0 Å². The predicted octanol–water partition coefficient (Wildman–Crippen LogP) is 2.39. The summed E-state index contributed by atoms with van der Waals surface area (Å²) in [5.74, 6) is 1.24. The van der Waals surface area contributed by atoms with Crippen molar-refractivity contribution in [3.63, 3.8) is 0 Å². The van der Waals surface area contributed by atoms with Crippen LogP contribution in [0.25, 0.3) is 11.4 Å². The normalized spacial score (nSPS) is 15.2. The molecule has 94 valence electrons. The summed E-state index contributed by atoms with van der Waals surface area (Å²) in [4.78, 5) is 0. The van der Waals surface area contributed by atoms with Crippen LogP contribution in [-0.2, 0) is 13.0 Å². The monoisotopic (exact) mass is 246 g/mol. The molecular weight excluding hydrogens is 231 g/mol. The van der Waals surface area contributed by atoms with Crippen LogP contribution in [0.2, 0.25) is 0 Å². The number of nitrogens with two attached hydrogens (primary N) is 1. The summed E-state index contributed by atoms with van der Waals surface area (Å²) >= 11 is 0. The minimum atomic E-state index is -0.302. The van der Waals surface area contributed by atoms with Gasteiger partial charge in [-0.15, -0.1) is 10.2 Å². The van der Waals surface area contributed by atoms with E-state index in [-0.39, 0.29) is 5.82 Å². The molecule has 0 atom stereocenters. The van der Waals surface area contributed by atoms with Crippen LogP contribution in [0.5, 0.6) is 0 Å². The molecule has 0 saturated heterocycles. The molecule has 0 spiro atoms. The lowest BCUT2D eigenvalue weighted by atomic mass is 10.1. The molecule has 3 rings (SSSR count). The van der Waals surface area contributed by atoms with Crippen molar-refractivity contribution in [3.05, 3.63) is 29.8 Å². The molecule has 1 aromatic carbocycles. The van der Waals surface area contributed by atoms with E-state index < -0.39 is 0 Å². The van der Waals surface area contributed by atoms with Gasteiger partial charge in [0.05, 0.1) is 5.56 Å². The van der Waals surface area contributed by atoms with Crippen molar-refractivity contribution in [3.8, 4) is 11.4 Å². The maximum absolute atomic E-state index is 13.9. The maximum atomic E-state index is 13.9. The molecule has 18 heavy (non-hydrogen) atoms. The smallest absolute Gasteiger partial charge is 0.167 e. The van der Waals surface area contributed by atoms with Gasteiger partial charge in [0.1, 0.15) is 11.6 Å². The van der Waals surface area contributed by atoms with E-state index in [2.05, 4.69) is 10.2 Å². The molecule has 2 aromatic rings. The molecule has 2 heterocycles. The standard InChI is InChI=1S/C13H15FN4/c14-11-6-5-9(15)8-10(11)13-17-16-12-4-2-1-3-7-18(12)13/h5-6,8H,1-4,7,15H2. The molecule has 0 unspecified atom stereocenters. The fourth-order valence-electron chi connectivity index (χ4n) is 2.40. The Morgan fingerprint density at radius 3 is 2.94 bits per heavy atom. The molecule has 1 aliphatic heterocycles. The van der Waals surface area contributed by atoms with Crippen LogP contribution in [-0.4, -0.2) is 14.8 Å². The number of rotatable bonds is 1. The van der Waals surface area contributed by atoms with Crippen LogP contribution < -0.4 is 5.73 Å². The molecule has 0 saturated carbocycles. The minimum Gasteiger partial charge on any atom is -0.399 e. The van der Waals surface area contributed by atoms with Gasteiger partial charge < -0.3 is 10.3 Å². The molecule has 1 aliphatic rings. The predicted molar refractivity (Wildman–Crippen MR) is 67.4 cm³/mol. The Morgan fingerprint density at radius 2 is 2.06 bits per heavy atom. The Bertz CT molecular complexity index is 576. The zero-order chi connectivity index (χ0) is 12.5. The largest absolute Gasteiger partial charge is 0.399 e. The third kappa shape index (κ3) is 1.85. The number of nitrogen functional groups attached to an aromatic ring is 1. The molecule has 4 nitrogen and oxygen atoms in total. The first kappa shape index (κ1) is 11.2. The second-order valence-corrected chi connectivity index (χ2v) is 4.64. The fraction of sp³-hybridized carbons (Fsp3) is 0.385. The molecule has 5 heteroatoms. The Kier molecular flexibility index (Phi) is 2.74. The average Bonchev–Trinajstić information content (AvgIpc) is 2.61. The molecular formula is C13H15FN4. The Morgan fingerprint density at radius 1 is 1.17 bits per heavy atom. The van der Waals surface area contributed by atoms with E-state index in [4.69, 9.17) is 5.73 Å². The van der Waals surface area contributed by atoms with Gasteiger partial charge in [-0.25, -0.2) is 4.39 Å². The van der Waals surface area contributed by atoms with Crippen molar-refractivity contribution in [1.29, 1.82) is 0 Å². The first-order chi connectivity index (χ1) is 8.75. The number of fused-ring (bicyclic) bond motifs is 1. The third-order valence-electron chi connectivity index (χ3n) is 3.34. The number of benzene rings is 1. The van der Waals surface area contributed by atoms with Gasteiger partial charge in [0.2, 0.25) is 0 Å². The molecule has 0 aliphatic carbocycles. The van der Waals surface area contributed by atoms with Crippen molar-refractivity contribution >= 4 is 5.69 Å². The summed E-state index contributed by atoms with van der Waals surface area (Å²) in [5.41, 5.74) is 6.70. The van der Waals surface area contributed by atoms with Crippen LogP contribution in [0.15, 0.2) is 18.2 Å². The van der Waals surface area contributed by atoms with E-state index in [1.807, 2.05) is 4.57 Å². The van der Waals surface area contributed by atoms with Gasteiger partial charge >= 0.3 is 0 Å². The lowest BCUT2D eigenvalue weighted by molar-refractivity contribution is 0.616. The summed E-state index contributed by atoms with van der Waals surface area (Å²) in [5, 5.41) is 8.30. The number of aromatic nitrogens is 3. The van der Waals surface area contributed by atoms with E-state index in [0.717, 1.165) is 31.6 Å². The van der Waals surface area contributed by atoms with Crippen molar-refractivity contribution in [2.75, 3.05) is 5.73 Å². The van der Waals surface area contributed by atoms with Crippen molar-refractivity contribution < 1.29 is 4.39 Å². The van der Waals surface area contributed by atoms with Crippen molar-refractivity contribution in [1.82, 2.24) is 14.8 Å². The van der Waals surface area contributed by atoms with Crippen LogP contribution in [0, 0.1) is 5.82 Å². The summed E-state index contributed by atoms with van der Waals surface area (Å²) in [6.45, 7) is 0.853. The molecule has 0 fully saturated rings. The third-order valence-corrected chi connectivity index (χ3v) is 3.34. The van der Waals surface area contributed by atoms with E-state index >= 15 is 0 Å². The van der Waals surface area contributed by atoms with Gasteiger partial charge in [-0.1, -0.05) is 6.42 Å². The summed E-state index contributed by atoms with van der Waals surface area (Å²) in [6.07, 6.45) is 4.30. The van der Waals surface area contributed by atoms with Crippen LogP contribution in [0.4, 0.5) is 10.1 Å². The zero-order valence-electron chi connectivity index (χ0n) is 10.1. The molecule has 2 N–H and O–H groups in total. The number of nitrogens with zero attached hydrogens (tertiary/aromatic N) is 3. The highest BCUT2D eigenvalue weighted by atomic mass is 19.1. The van der Waals surface area contributed by atoms with Gasteiger partial charge in [0.15, 0.2) is 5.82 Å². The Balaban J connectivity index is 2.12. The Hall–Kier alpha value is -1.91. The number of halogens is 1. The maximum Gasteiger partial charge on any atom is 0.167 e. The second-order valence-electron chi connectivity index (χ2n) is 4.64. The van der Waals surface area contributed by atoms with Gasteiger partial charge in [-0.3, -0.25) is 0 Å².